The van der Waals surface area contributed by atoms with Gasteiger partial charge in [0.2, 0.25) is 11.8 Å². The smallest absolute Gasteiger partial charge is 0.242 e. The topological polar surface area (TPSA) is 89.6 Å². The van der Waals surface area contributed by atoms with Crippen LogP contribution < -0.4 is 24.3 Å². The first-order valence-electron chi connectivity index (χ1n) is 16.1. The lowest BCUT2D eigenvalue weighted by atomic mass is 9.88. The number of rotatable bonds is 19. The molecule has 2 amide bonds. The standard InChI is InChI=1S/C35H53N3O6.ClH/c1-7-9-10-11-12-13-18-37(34(39)24-36-17-8-2)25-35(40)38-19-16-27-22-32(43-5)33(44-6)23-28(27)29(38)20-26-14-15-30(41-3)31(21-26)42-4;/h14-15,21-23,29,36H,7-13,16-20,24-25H2,1-6H3;1H. The minimum Gasteiger partial charge on any atom is -0.493 e. The number of fused-ring (bicyclic) bond motifs is 1. The molecule has 0 saturated heterocycles. The van der Waals surface area contributed by atoms with E-state index in [1.807, 2.05) is 35.2 Å². The number of ether oxygens (including phenoxy) is 4. The van der Waals surface area contributed by atoms with Gasteiger partial charge < -0.3 is 34.1 Å². The molecule has 2 aromatic rings. The molecule has 2 aromatic carbocycles. The molecule has 252 valence electrons. The van der Waals surface area contributed by atoms with E-state index in [4.69, 9.17) is 18.9 Å². The van der Waals surface area contributed by atoms with Crippen LogP contribution in [0.1, 0.15) is 81.5 Å². The number of benzene rings is 2. The summed E-state index contributed by atoms with van der Waals surface area (Å²) in [6, 6.07) is 9.62. The molecule has 1 unspecified atom stereocenters. The van der Waals surface area contributed by atoms with Crippen LogP contribution in [0.2, 0.25) is 0 Å². The third-order valence-corrected chi connectivity index (χ3v) is 8.36. The van der Waals surface area contributed by atoms with Crippen LogP contribution in [-0.2, 0) is 22.4 Å². The molecule has 45 heavy (non-hydrogen) atoms. The van der Waals surface area contributed by atoms with Crippen molar-refractivity contribution in [3.8, 4) is 23.0 Å². The minimum atomic E-state index is -0.256. The highest BCUT2D eigenvalue weighted by molar-refractivity contribution is 5.86. The van der Waals surface area contributed by atoms with Gasteiger partial charge in [-0.25, -0.2) is 0 Å². The fourth-order valence-electron chi connectivity index (χ4n) is 5.89. The second-order valence-electron chi connectivity index (χ2n) is 11.4. The van der Waals surface area contributed by atoms with Gasteiger partial charge in [0.15, 0.2) is 23.0 Å². The Morgan fingerprint density at radius 3 is 2.16 bits per heavy atom. The Morgan fingerprint density at radius 1 is 0.844 bits per heavy atom. The van der Waals surface area contributed by atoms with Gasteiger partial charge in [0, 0.05) is 13.1 Å². The van der Waals surface area contributed by atoms with Crippen LogP contribution in [0.15, 0.2) is 30.3 Å². The zero-order valence-corrected chi connectivity index (χ0v) is 28.9. The summed E-state index contributed by atoms with van der Waals surface area (Å²) >= 11 is 0. The van der Waals surface area contributed by atoms with Gasteiger partial charge in [-0.15, -0.1) is 12.4 Å². The molecular formula is C35H54ClN3O6. The number of halogens is 1. The van der Waals surface area contributed by atoms with Crippen molar-refractivity contribution in [3.63, 3.8) is 0 Å². The first kappa shape index (κ1) is 38.0. The molecule has 1 atom stereocenters. The molecule has 0 radical (unpaired) electrons. The number of nitrogens with zero attached hydrogens (tertiary/aromatic N) is 2. The summed E-state index contributed by atoms with van der Waals surface area (Å²) in [5.41, 5.74) is 3.16. The van der Waals surface area contributed by atoms with E-state index in [9.17, 15) is 9.59 Å². The molecule has 1 N–H and O–H groups in total. The fraction of sp³-hybridized carbons (Fsp3) is 0.600. The van der Waals surface area contributed by atoms with Crippen LogP contribution in [-0.4, -0.2) is 82.8 Å². The van der Waals surface area contributed by atoms with E-state index in [-0.39, 0.29) is 43.4 Å². The highest BCUT2D eigenvalue weighted by atomic mass is 35.5. The molecule has 9 nitrogen and oxygen atoms in total. The van der Waals surface area contributed by atoms with Crippen molar-refractivity contribution < 1.29 is 28.5 Å². The largest absolute Gasteiger partial charge is 0.493 e. The molecule has 3 rings (SSSR count). The van der Waals surface area contributed by atoms with Gasteiger partial charge >= 0.3 is 0 Å². The normalized spacial score (nSPS) is 13.8. The molecule has 1 aliphatic rings. The first-order chi connectivity index (χ1) is 21.4. The van der Waals surface area contributed by atoms with Crippen molar-refractivity contribution >= 4 is 24.2 Å². The predicted molar refractivity (Wildman–Crippen MR) is 181 cm³/mol. The van der Waals surface area contributed by atoms with E-state index < -0.39 is 0 Å². The quantitative estimate of drug-likeness (QED) is 0.187. The van der Waals surface area contributed by atoms with Crippen molar-refractivity contribution in [1.29, 1.82) is 0 Å². The van der Waals surface area contributed by atoms with Crippen molar-refractivity contribution in [2.75, 3.05) is 61.2 Å². The number of hydrogen-bond donors (Lipinski definition) is 1. The minimum absolute atomic E-state index is 0. The van der Waals surface area contributed by atoms with Crippen LogP contribution in [0.4, 0.5) is 0 Å². The fourth-order valence-corrected chi connectivity index (χ4v) is 5.89. The molecule has 10 heteroatoms. The van der Waals surface area contributed by atoms with Gasteiger partial charge in [-0.1, -0.05) is 52.0 Å². The number of unbranched alkanes of at least 4 members (excludes halogenated alkanes) is 5. The van der Waals surface area contributed by atoms with Gasteiger partial charge in [0.1, 0.15) is 0 Å². The third-order valence-electron chi connectivity index (χ3n) is 8.36. The van der Waals surface area contributed by atoms with Crippen molar-refractivity contribution in [2.45, 2.75) is 77.7 Å². The molecule has 1 heterocycles. The Bertz CT molecular complexity index is 1210. The Labute approximate surface area is 276 Å². The second-order valence-corrected chi connectivity index (χ2v) is 11.4. The molecule has 0 fully saturated rings. The number of carbonyl (C=O) groups excluding carboxylic acids is 2. The Hall–Kier alpha value is -3.17. The maximum atomic E-state index is 14.1. The lowest BCUT2D eigenvalue weighted by Gasteiger charge is -2.39. The van der Waals surface area contributed by atoms with E-state index in [0.717, 1.165) is 48.9 Å². The SMILES string of the molecule is CCCCCCCCN(CC(=O)N1CCc2cc(OC)c(OC)cc2C1Cc1ccc(OC)c(OC)c1)C(=O)CNCCC.Cl. The average Bonchev–Trinajstić information content (AvgIpc) is 3.04. The van der Waals surface area contributed by atoms with Crippen molar-refractivity contribution in [3.05, 3.63) is 47.0 Å². The van der Waals surface area contributed by atoms with E-state index in [1.54, 1.807) is 33.3 Å². The van der Waals surface area contributed by atoms with E-state index in [2.05, 4.69) is 19.2 Å². The van der Waals surface area contributed by atoms with Gasteiger partial charge in [-0.3, -0.25) is 9.59 Å². The Kier molecular flexibility index (Phi) is 16.9. The van der Waals surface area contributed by atoms with Crippen LogP contribution in [0.3, 0.4) is 0 Å². The van der Waals surface area contributed by atoms with E-state index in [0.29, 0.717) is 48.9 Å². The molecule has 1 aliphatic heterocycles. The van der Waals surface area contributed by atoms with Gasteiger partial charge in [0.05, 0.1) is 47.6 Å². The summed E-state index contributed by atoms with van der Waals surface area (Å²) in [5, 5.41) is 3.22. The summed E-state index contributed by atoms with van der Waals surface area (Å²) in [7, 11) is 6.49. The Balaban J connectivity index is 0.00000705. The zero-order chi connectivity index (χ0) is 31.9. The van der Waals surface area contributed by atoms with E-state index >= 15 is 0 Å². The third kappa shape index (κ3) is 10.7. The lowest BCUT2D eigenvalue weighted by molar-refractivity contribution is -0.142. The van der Waals surface area contributed by atoms with Crippen LogP contribution in [0, 0.1) is 0 Å². The monoisotopic (exact) mass is 647 g/mol. The summed E-state index contributed by atoms with van der Waals surface area (Å²) < 4.78 is 22.3. The molecule has 0 aromatic heterocycles. The van der Waals surface area contributed by atoms with Gasteiger partial charge in [0.25, 0.3) is 0 Å². The molecular weight excluding hydrogens is 594 g/mol. The van der Waals surface area contributed by atoms with Gasteiger partial charge in [-0.05, 0) is 73.2 Å². The summed E-state index contributed by atoms with van der Waals surface area (Å²) in [6.45, 7) is 6.49. The summed E-state index contributed by atoms with van der Waals surface area (Å²) in [5.74, 6) is 2.51. The highest BCUT2D eigenvalue weighted by Gasteiger charge is 2.33. The number of hydrogen-bond acceptors (Lipinski definition) is 7. The maximum absolute atomic E-state index is 14.1. The number of nitrogens with one attached hydrogen (secondary N) is 1. The van der Waals surface area contributed by atoms with Crippen LogP contribution in [0.5, 0.6) is 23.0 Å². The zero-order valence-electron chi connectivity index (χ0n) is 28.1. The van der Waals surface area contributed by atoms with E-state index in [1.165, 1.54) is 19.3 Å². The van der Waals surface area contributed by atoms with Crippen molar-refractivity contribution in [1.82, 2.24) is 15.1 Å². The van der Waals surface area contributed by atoms with Crippen LogP contribution in [0.25, 0.3) is 0 Å². The summed E-state index contributed by atoms with van der Waals surface area (Å²) in [4.78, 5) is 31.1. The second kappa shape index (κ2) is 20.1. The molecule has 0 bridgehead atoms. The molecule has 0 aliphatic carbocycles. The van der Waals surface area contributed by atoms with Crippen LogP contribution >= 0.6 is 12.4 Å². The lowest BCUT2D eigenvalue weighted by Crippen LogP contribution is -2.49. The molecule has 0 saturated carbocycles. The predicted octanol–water partition coefficient (Wildman–Crippen LogP) is 6.00. The summed E-state index contributed by atoms with van der Waals surface area (Å²) in [6.07, 6.45) is 8.95. The number of carbonyl (C=O) groups is 2. The molecule has 0 spiro atoms. The number of methoxy groups -OCH3 is 4. The maximum Gasteiger partial charge on any atom is 0.242 e. The van der Waals surface area contributed by atoms with Crippen molar-refractivity contribution in [2.24, 2.45) is 0 Å². The number of amides is 2. The Morgan fingerprint density at radius 2 is 1.49 bits per heavy atom. The van der Waals surface area contributed by atoms with Gasteiger partial charge in [-0.2, -0.15) is 0 Å². The highest BCUT2D eigenvalue weighted by Crippen LogP contribution is 2.40. The first-order valence-corrected chi connectivity index (χ1v) is 16.1. The average molecular weight is 648 g/mol.